The molecule has 1 rings (SSSR count). The van der Waals surface area contributed by atoms with Gasteiger partial charge in [0, 0.05) is 12.4 Å². The van der Waals surface area contributed by atoms with E-state index >= 15 is 0 Å². The van der Waals surface area contributed by atoms with E-state index in [4.69, 9.17) is 5.11 Å². The second kappa shape index (κ2) is 5.17. The first-order chi connectivity index (χ1) is 6.70. The van der Waals surface area contributed by atoms with Crippen molar-refractivity contribution < 1.29 is 9.90 Å². The van der Waals surface area contributed by atoms with Gasteiger partial charge in [0.2, 0.25) is 0 Å². The predicted molar refractivity (Wildman–Crippen MR) is 54.7 cm³/mol. The average molecular weight is 191 g/mol. The minimum Gasteiger partial charge on any atom is -0.481 e. The van der Waals surface area contributed by atoms with Crippen LogP contribution in [0.3, 0.4) is 0 Å². The van der Waals surface area contributed by atoms with Gasteiger partial charge in [0.25, 0.3) is 0 Å². The molecule has 0 aromatic carbocycles. The quantitative estimate of drug-likeness (QED) is 0.793. The van der Waals surface area contributed by atoms with Crippen LogP contribution in [0.25, 0.3) is 6.08 Å². The van der Waals surface area contributed by atoms with E-state index in [9.17, 15) is 4.79 Å². The summed E-state index contributed by atoms with van der Waals surface area (Å²) in [5.74, 6) is -1.09. The first kappa shape index (κ1) is 10.4. The number of hydrogen-bond donors (Lipinski definition) is 1. The smallest absolute Gasteiger partial charge is 0.306 e. The Balaban J connectivity index is 2.46. The van der Waals surface area contributed by atoms with Crippen LogP contribution in [0, 0.1) is 5.92 Å². The van der Waals surface area contributed by atoms with E-state index in [1.165, 1.54) is 0 Å². The summed E-state index contributed by atoms with van der Waals surface area (Å²) in [5, 5.41) is 8.63. The Morgan fingerprint density at radius 1 is 1.71 bits per heavy atom. The maximum atomic E-state index is 10.5. The minimum atomic E-state index is -0.763. The molecule has 3 heteroatoms. The van der Waals surface area contributed by atoms with E-state index in [-0.39, 0.29) is 5.92 Å². The number of nitrogens with zero attached hydrogens (tertiary/aromatic N) is 1. The fraction of sp³-hybridized carbons (Fsp3) is 0.273. The molecule has 0 amide bonds. The van der Waals surface area contributed by atoms with Crippen molar-refractivity contribution in [1.82, 2.24) is 4.98 Å². The number of hydrogen-bond acceptors (Lipinski definition) is 2. The molecule has 0 aliphatic rings. The molecule has 0 saturated carbocycles. The molecule has 1 aromatic heterocycles. The van der Waals surface area contributed by atoms with E-state index in [0.29, 0.717) is 6.42 Å². The van der Waals surface area contributed by atoms with Crippen LogP contribution in [0.1, 0.15) is 18.9 Å². The molecule has 1 unspecified atom stereocenters. The molecule has 0 bridgehead atoms. The number of carboxylic acids is 1. The predicted octanol–water partition coefficient (Wildman–Crippen LogP) is 2.21. The third-order valence-electron chi connectivity index (χ3n) is 1.91. The summed E-state index contributed by atoms with van der Waals surface area (Å²) in [4.78, 5) is 14.4. The van der Waals surface area contributed by atoms with Crippen LogP contribution in [0.5, 0.6) is 0 Å². The van der Waals surface area contributed by atoms with Gasteiger partial charge in [-0.05, 0) is 18.1 Å². The van der Waals surface area contributed by atoms with Crippen LogP contribution in [0.4, 0.5) is 0 Å². The van der Waals surface area contributed by atoms with Crippen molar-refractivity contribution in [3.63, 3.8) is 0 Å². The Bertz CT molecular complexity index is 319. The first-order valence-electron chi connectivity index (χ1n) is 4.49. The summed E-state index contributed by atoms with van der Waals surface area (Å²) >= 11 is 0. The lowest BCUT2D eigenvalue weighted by Crippen LogP contribution is -2.07. The lowest BCUT2D eigenvalue weighted by molar-refractivity contribution is -0.140. The normalized spacial score (nSPS) is 12.9. The topological polar surface area (TPSA) is 50.2 Å². The number of carboxylic acid groups (broad SMARTS) is 1. The third-order valence-corrected chi connectivity index (χ3v) is 1.91. The highest BCUT2D eigenvalue weighted by Gasteiger charge is 2.07. The molecule has 74 valence electrons. The summed E-state index contributed by atoms with van der Waals surface area (Å²) in [6.07, 6.45) is 7.73. The van der Waals surface area contributed by atoms with E-state index in [0.717, 1.165) is 5.56 Å². The van der Waals surface area contributed by atoms with E-state index in [1.807, 2.05) is 24.3 Å². The van der Waals surface area contributed by atoms with Crippen molar-refractivity contribution in [2.24, 2.45) is 5.92 Å². The second-order valence-electron chi connectivity index (χ2n) is 3.16. The Kier molecular flexibility index (Phi) is 3.85. The summed E-state index contributed by atoms with van der Waals surface area (Å²) in [5.41, 5.74) is 0.991. The molecule has 0 spiro atoms. The zero-order valence-electron chi connectivity index (χ0n) is 8.05. The molecular weight excluding hydrogens is 178 g/mol. The van der Waals surface area contributed by atoms with E-state index in [2.05, 4.69) is 4.98 Å². The molecule has 1 aromatic rings. The zero-order valence-corrected chi connectivity index (χ0v) is 8.05. The molecular formula is C11H13NO2. The van der Waals surface area contributed by atoms with E-state index in [1.54, 1.807) is 19.3 Å². The Morgan fingerprint density at radius 3 is 3.07 bits per heavy atom. The monoisotopic (exact) mass is 191 g/mol. The number of pyridine rings is 1. The lowest BCUT2D eigenvalue weighted by Gasteiger charge is -1.99. The van der Waals surface area contributed by atoms with Gasteiger partial charge in [-0.1, -0.05) is 25.1 Å². The summed E-state index contributed by atoms with van der Waals surface area (Å²) in [6.45, 7) is 1.69. The van der Waals surface area contributed by atoms with Gasteiger partial charge in [0.15, 0.2) is 0 Å². The van der Waals surface area contributed by atoms with Gasteiger partial charge in [-0.25, -0.2) is 0 Å². The first-order valence-corrected chi connectivity index (χ1v) is 4.49. The highest BCUT2D eigenvalue weighted by molar-refractivity contribution is 5.69. The molecule has 0 radical (unpaired) electrons. The molecule has 14 heavy (non-hydrogen) atoms. The second-order valence-corrected chi connectivity index (χ2v) is 3.16. The van der Waals surface area contributed by atoms with Crippen molar-refractivity contribution in [3.05, 3.63) is 36.2 Å². The molecule has 1 atom stereocenters. The Hall–Kier alpha value is -1.64. The summed E-state index contributed by atoms with van der Waals surface area (Å²) in [7, 11) is 0. The number of carbonyl (C=O) groups is 1. The highest BCUT2D eigenvalue weighted by Crippen LogP contribution is 2.05. The fourth-order valence-corrected chi connectivity index (χ4v) is 0.984. The largest absolute Gasteiger partial charge is 0.481 e. The van der Waals surface area contributed by atoms with Gasteiger partial charge < -0.3 is 5.11 Å². The molecule has 0 saturated heterocycles. The molecule has 3 nitrogen and oxygen atoms in total. The Labute approximate surface area is 83.1 Å². The zero-order chi connectivity index (χ0) is 10.4. The molecule has 1 N–H and O–H groups in total. The molecule has 0 fully saturated rings. The van der Waals surface area contributed by atoms with Crippen molar-refractivity contribution in [1.29, 1.82) is 0 Å². The van der Waals surface area contributed by atoms with Gasteiger partial charge in [-0.2, -0.15) is 0 Å². The van der Waals surface area contributed by atoms with Gasteiger partial charge in [0.1, 0.15) is 0 Å². The maximum absolute atomic E-state index is 10.5. The standard InChI is InChI=1S/C11H13NO2/c1-9(11(13)14)4-2-5-10-6-3-7-12-8-10/h2-3,5-9H,4H2,1H3,(H,13,14)/b5-2+. The summed E-state index contributed by atoms with van der Waals surface area (Å²) < 4.78 is 0. The third kappa shape index (κ3) is 3.39. The van der Waals surface area contributed by atoms with Crippen molar-refractivity contribution in [3.8, 4) is 0 Å². The van der Waals surface area contributed by atoms with Crippen LogP contribution in [-0.4, -0.2) is 16.1 Å². The minimum absolute atomic E-state index is 0.331. The Morgan fingerprint density at radius 2 is 2.50 bits per heavy atom. The average Bonchev–Trinajstić information content (AvgIpc) is 2.19. The SMILES string of the molecule is CC(C/C=C/c1cccnc1)C(=O)O. The number of rotatable bonds is 4. The van der Waals surface area contributed by atoms with Crippen molar-refractivity contribution in [2.45, 2.75) is 13.3 Å². The van der Waals surface area contributed by atoms with Gasteiger partial charge in [-0.3, -0.25) is 9.78 Å². The molecule has 0 aliphatic heterocycles. The number of aromatic nitrogens is 1. The highest BCUT2D eigenvalue weighted by atomic mass is 16.4. The van der Waals surface area contributed by atoms with Crippen LogP contribution < -0.4 is 0 Å². The van der Waals surface area contributed by atoms with Gasteiger partial charge in [0.05, 0.1) is 5.92 Å². The van der Waals surface area contributed by atoms with Crippen LogP contribution in [0.2, 0.25) is 0 Å². The summed E-state index contributed by atoms with van der Waals surface area (Å²) in [6, 6.07) is 3.77. The number of aliphatic carboxylic acids is 1. The van der Waals surface area contributed by atoms with Crippen LogP contribution in [0.15, 0.2) is 30.6 Å². The molecule has 1 heterocycles. The number of allylic oxidation sites excluding steroid dienone is 1. The van der Waals surface area contributed by atoms with Crippen LogP contribution in [-0.2, 0) is 4.79 Å². The van der Waals surface area contributed by atoms with Gasteiger partial charge >= 0.3 is 5.97 Å². The maximum Gasteiger partial charge on any atom is 0.306 e. The fourth-order valence-electron chi connectivity index (χ4n) is 0.984. The van der Waals surface area contributed by atoms with Crippen LogP contribution >= 0.6 is 0 Å². The van der Waals surface area contributed by atoms with E-state index < -0.39 is 5.97 Å². The molecule has 0 aliphatic carbocycles. The van der Waals surface area contributed by atoms with Crippen molar-refractivity contribution in [2.75, 3.05) is 0 Å². The van der Waals surface area contributed by atoms with Gasteiger partial charge in [-0.15, -0.1) is 0 Å². The van der Waals surface area contributed by atoms with Crippen molar-refractivity contribution >= 4 is 12.0 Å². The lowest BCUT2D eigenvalue weighted by atomic mass is 10.1.